The molecule has 136 valence electrons. The van der Waals surface area contributed by atoms with Crippen LogP contribution in [0.4, 0.5) is 10.8 Å². The second kappa shape index (κ2) is 7.46. The molecule has 8 heteroatoms. The Kier molecular flexibility index (Phi) is 4.87. The monoisotopic (exact) mass is 398 g/mol. The van der Waals surface area contributed by atoms with Crippen molar-refractivity contribution in [2.45, 2.75) is 12.3 Å². The van der Waals surface area contributed by atoms with E-state index in [4.69, 9.17) is 11.6 Å². The van der Waals surface area contributed by atoms with Crippen molar-refractivity contribution in [3.63, 3.8) is 0 Å². The Labute approximate surface area is 164 Å². The van der Waals surface area contributed by atoms with Crippen LogP contribution >= 0.6 is 22.9 Å². The molecule has 27 heavy (non-hydrogen) atoms. The van der Waals surface area contributed by atoms with Crippen LogP contribution in [0.1, 0.15) is 27.7 Å². The van der Waals surface area contributed by atoms with Crippen LogP contribution < -0.4 is 10.2 Å². The number of nitrogens with one attached hydrogen (secondary N) is 1. The summed E-state index contributed by atoms with van der Waals surface area (Å²) in [5, 5.41) is 12.8. The molecule has 1 aliphatic rings. The molecule has 0 spiro atoms. The summed E-state index contributed by atoms with van der Waals surface area (Å²) in [6.07, 6.45) is 0.365. The van der Waals surface area contributed by atoms with Gasteiger partial charge in [-0.15, -0.1) is 10.2 Å². The fourth-order valence-electron chi connectivity index (χ4n) is 2.95. The average molecular weight is 399 g/mol. The Bertz CT molecular complexity index is 975. The van der Waals surface area contributed by atoms with E-state index in [0.29, 0.717) is 28.7 Å². The smallest absolute Gasteiger partial charge is 0.257 e. The molecule has 2 aromatic carbocycles. The van der Waals surface area contributed by atoms with E-state index in [2.05, 4.69) is 15.5 Å². The number of hydrogen-bond acceptors (Lipinski definition) is 5. The van der Waals surface area contributed by atoms with E-state index in [0.717, 1.165) is 10.7 Å². The summed E-state index contributed by atoms with van der Waals surface area (Å²) in [6.45, 7) is 0.529. The molecule has 3 aromatic rings. The van der Waals surface area contributed by atoms with E-state index in [-0.39, 0.29) is 17.7 Å². The van der Waals surface area contributed by atoms with Crippen molar-refractivity contribution < 1.29 is 9.59 Å². The summed E-state index contributed by atoms with van der Waals surface area (Å²) in [7, 11) is 0. The Morgan fingerprint density at radius 1 is 1.11 bits per heavy atom. The van der Waals surface area contributed by atoms with Gasteiger partial charge in [0.15, 0.2) is 0 Å². The molecule has 2 amide bonds. The third kappa shape index (κ3) is 3.84. The number of amides is 2. The zero-order chi connectivity index (χ0) is 18.8. The van der Waals surface area contributed by atoms with Crippen LogP contribution in [0.2, 0.25) is 5.02 Å². The third-order valence-electron chi connectivity index (χ3n) is 4.31. The highest BCUT2D eigenvalue weighted by atomic mass is 35.5. The molecule has 0 bridgehead atoms. The highest BCUT2D eigenvalue weighted by Gasteiger charge is 2.34. The summed E-state index contributed by atoms with van der Waals surface area (Å²) in [5.74, 6) is -0.246. The topological polar surface area (TPSA) is 75.2 Å². The van der Waals surface area contributed by atoms with Crippen molar-refractivity contribution in [1.29, 1.82) is 0 Å². The number of carbonyl (C=O) groups is 2. The zero-order valence-electron chi connectivity index (χ0n) is 14.1. The van der Waals surface area contributed by atoms with Gasteiger partial charge in [-0.1, -0.05) is 41.1 Å². The molecule has 6 nitrogen and oxygen atoms in total. The van der Waals surface area contributed by atoms with Crippen molar-refractivity contribution in [2.75, 3.05) is 16.8 Å². The predicted octanol–water partition coefficient (Wildman–Crippen LogP) is 3.96. The predicted molar refractivity (Wildman–Crippen MR) is 105 cm³/mol. The maximum absolute atomic E-state index is 12.4. The fourth-order valence-corrected chi connectivity index (χ4v) is 3.91. The van der Waals surface area contributed by atoms with Gasteiger partial charge in [0.05, 0.1) is 0 Å². The van der Waals surface area contributed by atoms with Gasteiger partial charge >= 0.3 is 0 Å². The number of hydrogen-bond donors (Lipinski definition) is 1. The van der Waals surface area contributed by atoms with Crippen LogP contribution in [0, 0.1) is 0 Å². The average Bonchev–Trinajstić information content (AvgIpc) is 3.30. The second-order valence-corrected chi connectivity index (χ2v) is 7.59. The molecule has 1 N–H and O–H groups in total. The lowest BCUT2D eigenvalue weighted by atomic mass is 10.1. The van der Waals surface area contributed by atoms with Gasteiger partial charge in [0.1, 0.15) is 5.01 Å². The van der Waals surface area contributed by atoms with Crippen molar-refractivity contribution in [1.82, 2.24) is 10.2 Å². The van der Waals surface area contributed by atoms with Crippen molar-refractivity contribution >= 4 is 45.6 Å². The minimum atomic E-state index is -0.233. The van der Waals surface area contributed by atoms with E-state index < -0.39 is 0 Å². The molecule has 1 fully saturated rings. The first-order valence-electron chi connectivity index (χ1n) is 8.36. The maximum Gasteiger partial charge on any atom is 0.257 e. The van der Waals surface area contributed by atoms with Crippen molar-refractivity contribution in [3.05, 3.63) is 70.2 Å². The van der Waals surface area contributed by atoms with Gasteiger partial charge in [-0.2, -0.15) is 0 Å². The maximum atomic E-state index is 12.4. The number of benzene rings is 2. The largest absolute Gasteiger partial charge is 0.312 e. The van der Waals surface area contributed by atoms with Gasteiger partial charge in [0.2, 0.25) is 11.0 Å². The zero-order valence-corrected chi connectivity index (χ0v) is 15.7. The highest BCUT2D eigenvalue weighted by Crippen LogP contribution is 2.34. The molecule has 1 aromatic heterocycles. The molecule has 1 saturated heterocycles. The molecule has 1 atom stereocenters. The number of carbonyl (C=O) groups excluding carboxylic acids is 2. The summed E-state index contributed by atoms with van der Waals surface area (Å²) in [4.78, 5) is 26.3. The third-order valence-corrected chi connectivity index (χ3v) is 5.56. The summed E-state index contributed by atoms with van der Waals surface area (Å²) in [6, 6.07) is 16.1. The SMILES string of the molecule is O=C(Nc1nnc(C2CC(=O)N(c3ccc(Cl)cc3)C2)s1)c1ccccc1. The van der Waals surface area contributed by atoms with Crippen molar-refractivity contribution in [3.8, 4) is 0 Å². The van der Waals surface area contributed by atoms with Crippen LogP contribution in [-0.4, -0.2) is 28.6 Å². The lowest BCUT2D eigenvalue weighted by Crippen LogP contribution is -2.24. The number of aromatic nitrogens is 2. The van der Waals surface area contributed by atoms with Gasteiger partial charge in [0.25, 0.3) is 5.91 Å². The van der Waals surface area contributed by atoms with Crippen LogP contribution in [0.3, 0.4) is 0 Å². The first-order valence-corrected chi connectivity index (χ1v) is 9.55. The number of halogens is 1. The van der Waals surface area contributed by atoms with E-state index in [1.54, 1.807) is 41.3 Å². The highest BCUT2D eigenvalue weighted by molar-refractivity contribution is 7.15. The lowest BCUT2D eigenvalue weighted by molar-refractivity contribution is -0.117. The van der Waals surface area contributed by atoms with Crippen LogP contribution in [0.15, 0.2) is 54.6 Å². The van der Waals surface area contributed by atoms with Gasteiger partial charge in [-0.3, -0.25) is 14.9 Å². The molecule has 1 aliphatic heterocycles. The van der Waals surface area contributed by atoms with Crippen LogP contribution in [0.5, 0.6) is 0 Å². The minimum Gasteiger partial charge on any atom is -0.312 e. The van der Waals surface area contributed by atoms with Gasteiger partial charge in [-0.05, 0) is 36.4 Å². The van der Waals surface area contributed by atoms with E-state index in [1.165, 1.54) is 11.3 Å². The van der Waals surface area contributed by atoms with Crippen LogP contribution in [0.25, 0.3) is 0 Å². The normalized spacial score (nSPS) is 16.6. The van der Waals surface area contributed by atoms with E-state index >= 15 is 0 Å². The Hall–Kier alpha value is -2.77. The molecule has 0 saturated carbocycles. The molecule has 1 unspecified atom stereocenters. The van der Waals surface area contributed by atoms with Crippen LogP contribution in [-0.2, 0) is 4.79 Å². The number of nitrogens with zero attached hydrogens (tertiary/aromatic N) is 3. The van der Waals surface area contributed by atoms with Gasteiger partial charge < -0.3 is 4.90 Å². The Balaban J connectivity index is 1.45. The Morgan fingerprint density at radius 3 is 2.59 bits per heavy atom. The van der Waals surface area contributed by atoms with E-state index in [9.17, 15) is 9.59 Å². The van der Waals surface area contributed by atoms with Gasteiger partial charge in [0, 0.05) is 35.2 Å². The standard InChI is InChI=1S/C19H15ClN4O2S/c20-14-6-8-15(9-7-14)24-11-13(10-16(24)25)18-22-23-19(27-18)21-17(26)12-4-2-1-3-5-12/h1-9,13H,10-11H2,(H,21,23,26). The first-order chi connectivity index (χ1) is 13.1. The van der Waals surface area contributed by atoms with Gasteiger partial charge in [-0.25, -0.2) is 0 Å². The number of anilines is 2. The van der Waals surface area contributed by atoms with E-state index in [1.807, 2.05) is 18.2 Å². The lowest BCUT2D eigenvalue weighted by Gasteiger charge is -2.16. The van der Waals surface area contributed by atoms with Crippen molar-refractivity contribution in [2.24, 2.45) is 0 Å². The first kappa shape index (κ1) is 17.6. The molecule has 2 heterocycles. The summed E-state index contributed by atoms with van der Waals surface area (Å²) >= 11 is 7.21. The molecule has 0 radical (unpaired) electrons. The quantitative estimate of drug-likeness (QED) is 0.721. The molecule has 4 rings (SSSR count). The summed E-state index contributed by atoms with van der Waals surface area (Å²) in [5.41, 5.74) is 1.37. The fraction of sp³-hybridized carbons (Fsp3) is 0.158. The number of rotatable bonds is 4. The summed E-state index contributed by atoms with van der Waals surface area (Å²) < 4.78 is 0. The molecular formula is C19H15ClN4O2S. The molecular weight excluding hydrogens is 384 g/mol. The minimum absolute atomic E-state index is 0.0346. The Morgan fingerprint density at radius 2 is 1.85 bits per heavy atom. The molecule has 0 aliphatic carbocycles. The second-order valence-electron chi connectivity index (χ2n) is 6.15.